The van der Waals surface area contributed by atoms with Crippen LogP contribution in [-0.4, -0.2) is 47.4 Å². The molecule has 3 atom stereocenters. The Morgan fingerprint density at radius 1 is 1.12 bits per heavy atom. The molecule has 3 saturated heterocycles. The summed E-state index contributed by atoms with van der Waals surface area (Å²) in [5, 5.41) is 2.45. The van der Waals surface area contributed by atoms with Crippen LogP contribution >= 0.6 is 0 Å². The molecule has 0 aromatic heterocycles. The molecule has 1 aromatic rings. The van der Waals surface area contributed by atoms with Gasteiger partial charge < -0.3 is 15.1 Å². The molecule has 3 fully saturated rings. The molecule has 26 heavy (non-hydrogen) atoms. The van der Waals surface area contributed by atoms with Gasteiger partial charge in [-0.05, 0) is 31.1 Å². The minimum atomic E-state index is -1.56. The summed E-state index contributed by atoms with van der Waals surface area (Å²) < 4.78 is 39.7. The quantitative estimate of drug-likeness (QED) is 0.776. The van der Waals surface area contributed by atoms with Crippen molar-refractivity contribution in [2.45, 2.75) is 31.7 Å². The lowest BCUT2D eigenvalue weighted by molar-refractivity contribution is -0.144. The molecule has 1 aromatic carbocycles. The number of amides is 3. The van der Waals surface area contributed by atoms with Crippen molar-refractivity contribution in [2.24, 2.45) is 11.8 Å². The van der Waals surface area contributed by atoms with E-state index in [1.54, 1.807) is 4.90 Å². The van der Waals surface area contributed by atoms with E-state index in [0.29, 0.717) is 26.1 Å². The Bertz CT molecular complexity index is 734. The Labute approximate surface area is 149 Å². The molecule has 3 unspecified atom stereocenters. The molecule has 3 aliphatic rings. The highest BCUT2D eigenvalue weighted by molar-refractivity contribution is 5.89. The molecule has 5 nitrogen and oxygen atoms in total. The zero-order chi connectivity index (χ0) is 18.4. The Morgan fingerprint density at radius 2 is 1.85 bits per heavy atom. The molecule has 0 saturated carbocycles. The SMILES string of the molecule is O=C(Nc1cc(F)c(F)c(F)c1)N1CC2CC(C1)C1CCCC(=O)N1C2. The average molecular weight is 367 g/mol. The van der Waals surface area contributed by atoms with Gasteiger partial charge in [-0.1, -0.05) is 0 Å². The van der Waals surface area contributed by atoms with E-state index in [9.17, 15) is 22.8 Å². The molecule has 2 bridgehead atoms. The number of hydrogen-bond donors (Lipinski definition) is 1. The summed E-state index contributed by atoms with van der Waals surface area (Å²) >= 11 is 0. The van der Waals surface area contributed by atoms with Gasteiger partial charge in [0.2, 0.25) is 5.91 Å². The van der Waals surface area contributed by atoms with Crippen molar-refractivity contribution in [1.82, 2.24) is 9.80 Å². The van der Waals surface area contributed by atoms with Gasteiger partial charge >= 0.3 is 6.03 Å². The first-order valence-electron chi connectivity index (χ1n) is 8.92. The first-order chi connectivity index (χ1) is 12.4. The molecule has 4 rings (SSSR count). The number of nitrogens with zero attached hydrogens (tertiary/aromatic N) is 2. The normalized spacial score (nSPS) is 28.0. The van der Waals surface area contributed by atoms with E-state index in [-0.39, 0.29) is 29.5 Å². The number of piperidine rings is 3. The lowest BCUT2D eigenvalue weighted by Gasteiger charge is -2.52. The molecule has 3 aliphatic heterocycles. The molecule has 1 N–H and O–H groups in total. The van der Waals surface area contributed by atoms with Crippen LogP contribution < -0.4 is 5.32 Å². The highest BCUT2D eigenvalue weighted by Crippen LogP contribution is 2.38. The summed E-state index contributed by atoms with van der Waals surface area (Å²) in [5.41, 5.74) is -0.114. The topological polar surface area (TPSA) is 52.7 Å². The van der Waals surface area contributed by atoms with Gasteiger partial charge in [-0.15, -0.1) is 0 Å². The Balaban J connectivity index is 1.46. The van der Waals surface area contributed by atoms with Crippen LogP contribution in [0.5, 0.6) is 0 Å². The van der Waals surface area contributed by atoms with Gasteiger partial charge in [0.15, 0.2) is 17.5 Å². The number of anilines is 1. The van der Waals surface area contributed by atoms with Gasteiger partial charge in [0.05, 0.1) is 0 Å². The third-order valence-corrected chi connectivity index (χ3v) is 5.70. The van der Waals surface area contributed by atoms with Crippen molar-refractivity contribution in [3.05, 3.63) is 29.6 Å². The lowest BCUT2D eigenvalue weighted by Crippen LogP contribution is -2.61. The highest BCUT2D eigenvalue weighted by atomic mass is 19.2. The molecule has 0 aliphatic carbocycles. The van der Waals surface area contributed by atoms with E-state index in [2.05, 4.69) is 5.32 Å². The fourth-order valence-electron chi connectivity index (χ4n) is 4.61. The number of nitrogens with one attached hydrogen (secondary N) is 1. The summed E-state index contributed by atoms with van der Waals surface area (Å²) in [7, 11) is 0. The second-order valence-corrected chi connectivity index (χ2v) is 7.46. The molecule has 8 heteroatoms. The smallest absolute Gasteiger partial charge is 0.321 e. The van der Waals surface area contributed by atoms with Gasteiger partial charge in [0.25, 0.3) is 0 Å². The first kappa shape index (κ1) is 17.2. The number of halogens is 3. The monoisotopic (exact) mass is 367 g/mol. The van der Waals surface area contributed by atoms with Crippen LogP contribution in [0.25, 0.3) is 0 Å². The highest BCUT2D eigenvalue weighted by Gasteiger charge is 2.44. The van der Waals surface area contributed by atoms with Crippen LogP contribution in [-0.2, 0) is 4.79 Å². The zero-order valence-corrected chi connectivity index (χ0v) is 14.2. The minimum Gasteiger partial charge on any atom is -0.339 e. The van der Waals surface area contributed by atoms with Gasteiger partial charge in [-0.25, -0.2) is 18.0 Å². The largest absolute Gasteiger partial charge is 0.339 e. The predicted octanol–water partition coefficient (Wildman–Crippen LogP) is 2.97. The third-order valence-electron chi connectivity index (χ3n) is 5.70. The van der Waals surface area contributed by atoms with Crippen molar-refractivity contribution in [3.8, 4) is 0 Å². The zero-order valence-electron chi connectivity index (χ0n) is 14.2. The lowest BCUT2D eigenvalue weighted by atomic mass is 9.76. The number of hydrogen-bond acceptors (Lipinski definition) is 2. The maximum Gasteiger partial charge on any atom is 0.321 e. The van der Waals surface area contributed by atoms with Crippen molar-refractivity contribution in [3.63, 3.8) is 0 Å². The number of fused-ring (bicyclic) bond motifs is 4. The second-order valence-electron chi connectivity index (χ2n) is 7.46. The number of rotatable bonds is 1. The van der Waals surface area contributed by atoms with Crippen LogP contribution in [0, 0.1) is 29.3 Å². The number of benzene rings is 1. The van der Waals surface area contributed by atoms with E-state index in [4.69, 9.17) is 0 Å². The number of carbonyl (C=O) groups is 2. The van der Waals surface area contributed by atoms with Crippen LogP contribution in [0.4, 0.5) is 23.7 Å². The summed E-state index contributed by atoms with van der Waals surface area (Å²) in [4.78, 5) is 28.3. The van der Waals surface area contributed by atoms with Crippen LogP contribution in [0.1, 0.15) is 25.7 Å². The molecule has 0 spiro atoms. The number of likely N-dealkylation sites (tertiary alicyclic amines) is 1. The molecule has 0 radical (unpaired) electrons. The Hall–Kier alpha value is -2.25. The standard InChI is InChI=1S/C18H20F3N3O2/c19-13-5-12(6-14(20)17(13)21)22-18(26)23-7-10-4-11(9-23)15-2-1-3-16(25)24(15)8-10/h5-6,10-11,15H,1-4,7-9H2,(H,22,26). The third kappa shape index (κ3) is 3.01. The van der Waals surface area contributed by atoms with E-state index >= 15 is 0 Å². The maximum absolute atomic E-state index is 13.3. The van der Waals surface area contributed by atoms with Crippen LogP contribution in [0.2, 0.25) is 0 Å². The maximum atomic E-state index is 13.3. The predicted molar refractivity (Wildman–Crippen MR) is 87.9 cm³/mol. The first-order valence-corrected chi connectivity index (χ1v) is 8.92. The summed E-state index contributed by atoms with van der Waals surface area (Å²) in [6.45, 7) is 1.65. The van der Waals surface area contributed by atoms with Crippen molar-refractivity contribution < 1.29 is 22.8 Å². The average Bonchev–Trinajstić information content (AvgIpc) is 2.60. The molecular formula is C18H20F3N3O2. The van der Waals surface area contributed by atoms with Gasteiger partial charge in [0.1, 0.15) is 0 Å². The van der Waals surface area contributed by atoms with Crippen molar-refractivity contribution in [1.29, 1.82) is 0 Å². The van der Waals surface area contributed by atoms with E-state index in [1.165, 1.54) is 0 Å². The molecule has 3 amide bonds. The van der Waals surface area contributed by atoms with E-state index in [0.717, 1.165) is 31.4 Å². The van der Waals surface area contributed by atoms with Crippen LogP contribution in [0.15, 0.2) is 12.1 Å². The fourth-order valence-corrected chi connectivity index (χ4v) is 4.61. The van der Waals surface area contributed by atoms with Gasteiger partial charge in [0, 0.05) is 49.9 Å². The number of urea groups is 1. The summed E-state index contributed by atoms with van der Waals surface area (Å²) in [5.74, 6) is -3.61. The second kappa shape index (κ2) is 6.48. The van der Waals surface area contributed by atoms with Crippen LogP contribution in [0.3, 0.4) is 0 Å². The molecule has 3 heterocycles. The Morgan fingerprint density at radius 3 is 2.58 bits per heavy atom. The summed E-state index contributed by atoms with van der Waals surface area (Å²) in [6, 6.07) is 1.25. The van der Waals surface area contributed by atoms with Crippen molar-refractivity contribution in [2.75, 3.05) is 25.0 Å². The summed E-state index contributed by atoms with van der Waals surface area (Å²) in [6.07, 6.45) is 3.41. The van der Waals surface area contributed by atoms with E-state index in [1.807, 2.05) is 4.90 Å². The molecular weight excluding hydrogens is 347 g/mol. The van der Waals surface area contributed by atoms with Crippen molar-refractivity contribution >= 4 is 17.6 Å². The van der Waals surface area contributed by atoms with Gasteiger partial charge in [-0.2, -0.15) is 0 Å². The van der Waals surface area contributed by atoms with Gasteiger partial charge in [-0.3, -0.25) is 4.79 Å². The minimum absolute atomic E-state index is 0.114. The molecule has 140 valence electrons. The van der Waals surface area contributed by atoms with E-state index < -0.39 is 23.5 Å². The fraction of sp³-hybridized carbons (Fsp3) is 0.556. The Kier molecular flexibility index (Phi) is 4.28. The number of carbonyl (C=O) groups excluding carboxylic acids is 2.